The van der Waals surface area contributed by atoms with Crippen molar-refractivity contribution in [3.63, 3.8) is 0 Å². The molecule has 0 aliphatic rings. The molecule has 11 heteroatoms. The molecule has 0 radical (unpaired) electrons. The van der Waals surface area contributed by atoms with Gasteiger partial charge in [-0.2, -0.15) is 0 Å². The second-order valence-electron chi connectivity index (χ2n) is 7.43. The predicted molar refractivity (Wildman–Crippen MR) is 116 cm³/mol. The number of carbonyl (C=O) groups is 1. The van der Waals surface area contributed by atoms with Crippen LogP contribution in [0.1, 0.15) is 25.0 Å². The second kappa shape index (κ2) is 10.2. The van der Waals surface area contributed by atoms with Gasteiger partial charge in [-0.15, -0.1) is 0 Å². The summed E-state index contributed by atoms with van der Waals surface area (Å²) in [6.07, 6.45) is 0. The zero-order valence-electron chi connectivity index (χ0n) is 17.6. The van der Waals surface area contributed by atoms with Crippen molar-refractivity contribution < 1.29 is 26.4 Å². The van der Waals surface area contributed by atoms with E-state index in [1.54, 1.807) is 19.1 Å². The molecule has 0 heterocycles. The van der Waals surface area contributed by atoms with Crippen LogP contribution >= 0.6 is 0 Å². The Labute approximate surface area is 183 Å². The fourth-order valence-electron chi connectivity index (χ4n) is 2.50. The van der Waals surface area contributed by atoms with E-state index in [1.165, 1.54) is 30.3 Å². The SMILES string of the molecule is Cc1cc(S(=O)(=O)NCC(C)C)ccc1OCC(=O)NCc1ccc(S(N)(=O)=O)cc1. The maximum Gasteiger partial charge on any atom is 0.258 e. The molecule has 0 fully saturated rings. The smallest absolute Gasteiger partial charge is 0.258 e. The highest BCUT2D eigenvalue weighted by Gasteiger charge is 2.16. The van der Waals surface area contributed by atoms with E-state index in [9.17, 15) is 21.6 Å². The fourth-order valence-corrected chi connectivity index (χ4v) is 4.32. The standard InChI is InChI=1S/C20H27N3O6S2/c1-14(2)11-23-31(27,28)18-8-9-19(15(3)10-18)29-13-20(24)22-12-16-4-6-17(7-5-16)30(21,25)26/h4-10,14,23H,11-13H2,1-3H3,(H,22,24)(H2,21,25,26). The first-order valence-corrected chi connectivity index (χ1v) is 12.5. The van der Waals surface area contributed by atoms with E-state index < -0.39 is 20.0 Å². The van der Waals surface area contributed by atoms with Crippen molar-refractivity contribution in [1.82, 2.24) is 10.0 Å². The predicted octanol–water partition coefficient (Wildman–Crippen LogP) is 1.27. The Hall–Kier alpha value is -2.47. The molecular formula is C20H27N3O6S2. The minimum absolute atomic E-state index is 0.00810. The molecule has 0 aliphatic heterocycles. The number of benzene rings is 2. The number of nitrogens with one attached hydrogen (secondary N) is 2. The van der Waals surface area contributed by atoms with Gasteiger partial charge in [0.25, 0.3) is 5.91 Å². The lowest BCUT2D eigenvalue weighted by Gasteiger charge is -2.13. The number of carbonyl (C=O) groups excluding carboxylic acids is 1. The summed E-state index contributed by atoms with van der Waals surface area (Å²) >= 11 is 0. The Bertz CT molecular complexity index is 1130. The molecule has 1 amide bonds. The maximum atomic E-state index is 12.3. The van der Waals surface area contributed by atoms with Crippen molar-refractivity contribution in [2.75, 3.05) is 13.2 Å². The summed E-state index contributed by atoms with van der Waals surface area (Å²) < 4.78 is 55.1. The Kier molecular flexibility index (Phi) is 8.18. The lowest BCUT2D eigenvalue weighted by molar-refractivity contribution is -0.123. The number of hydrogen-bond donors (Lipinski definition) is 3. The minimum Gasteiger partial charge on any atom is -0.484 e. The highest BCUT2D eigenvalue weighted by atomic mass is 32.2. The molecule has 2 aromatic carbocycles. The Balaban J connectivity index is 1.90. The van der Waals surface area contributed by atoms with Crippen LogP contribution in [0.4, 0.5) is 0 Å². The van der Waals surface area contributed by atoms with Gasteiger partial charge in [0.1, 0.15) is 5.75 Å². The van der Waals surface area contributed by atoms with Gasteiger partial charge >= 0.3 is 0 Å². The number of amides is 1. The van der Waals surface area contributed by atoms with E-state index in [0.29, 0.717) is 23.4 Å². The first-order valence-electron chi connectivity index (χ1n) is 9.50. The van der Waals surface area contributed by atoms with Crippen molar-refractivity contribution in [2.45, 2.75) is 37.1 Å². The van der Waals surface area contributed by atoms with Gasteiger partial charge in [0.05, 0.1) is 9.79 Å². The zero-order valence-corrected chi connectivity index (χ0v) is 19.2. The van der Waals surface area contributed by atoms with Crippen LogP contribution in [-0.4, -0.2) is 35.9 Å². The van der Waals surface area contributed by atoms with Crippen molar-refractivity contribution in [3.8, 4) is 5.75 Å². The number of ether oxygens (including phenoxy) is 1. The summed E-state index contributed by atoms with van der Waals surface area (Å²) in [4.78, 5) is 12.2. The van der Waals surface area contributed by atoms with Crippen molar-refractivity contribution in [2.24, 2.45) is 11.1 Å². The summed E-state index contributed by atoms with van der Waals surface area (Å²) in [5.74, 6) is 0.198. The fraction of sp³-hybridized carbons (Fsp3) is 0.350. The molecule has 2 rings (SSSR count). The Morgan fingerprint density at radius 1 is 1.03 bits per heavy atom. The van der Waals surface area contributed by atoms with Gasteiger partial charge in [-0.1, -0.05) is 26.0 Å². The third-order valence-electron chi connectivity index (χ3n) is 4.24. The zero-order chi connectivity index (χ0) is 23.2. The van der Waals surface area contributed by atoms with Gasteiger partial charge in [0.2, 0.25) is 20.0 Å². The van der Waals surface area contributed by atoms with Crippen LogP contribution in [0.2, 0.25) is 0 Å². The largest absolute Gasteiger partial charge is 0.484 e. The summed E-state index contributed by atoms with van der Waals surface area (Å²) in [5, 5.41) is 7.70. The number of nitrogens with two attached hydrogens (primary N) is 1. The molecule has 0 saturated heterocycles. The van der Waals surface area contributed by atoms with Crippen molar-refractivity contribution in [3.05, 3.63) is 53.6 Å². The number of primary sulfonamides is 1. The van der Waals surface area contributed by atoms with Crippen molar-refractivity contribution >= 4 is 26.0 Å². The van der Waals surface area contributed by atoms with Gasteiger partial charge in [-0.05, 0) is 54.3 Å². The molecule has 0 aliphatic carbocycles. The number of hydrogen-bond acceptors (Lipinski definition) is 6. The van der Waals surface area contributed by atoms with Crippen LogP contribution in [0.25, 0.3) is 0 Å². The summed E-state index contributed by atoms with van der Waals surface area (Å²) in [7, 11) is -7.37. The Morgan fingerprint density at radius 3 is 2.19 bits per heavy atom. The minimum atomic E-state index is -3.76. The van der Waals surface area contributed by atoms with E-state index in [4.69, 9.17) is 9.88 Å². The quantitative estimate of drug-likeness (QED) is 0.478. The third kappa shape index (κ3) is 7.62. The molecule has 0 spiro atoms. The van der Waals surface area contributed by atoms with E-state index in [-0.39, 0.29) is 34.8 Å². The Morgan fingerprint density at radius 2 is 1.65 bits per heavy atom. The molecule has 31 heavy (non-hydrogen) atoms. The molecular weight excluding hydrogens is 442 g/mol. The van der Waals surface area contributed by atoms with Crippen LogP contribution < -0.4 is 19.9 Å². The van der Waals surface area contributed by atoms with Gasteiger partial charge < -0.3 is 10.1 Å². The number of rotatable bonds is 10. The van der Waals surface area contributed by atoms with Gasteiger partial charge in [0, 0.05) is 13.1 Å². The topological polar surface area (TPSA) is 145 Å². The average molecular weight is 470 g/mol. The lowest BCUT2D eigenvalue weighted by atomic mass is 10.2. The molecule has 0 aromatic heterocycles. The number of sulfonamides is 2. The average Bonchev–Trinajstić information content (AvgIpc) is 2.69. The van der Waals surface area contributed by atoms with E-state index in [0.717, 1.165) is 0 Å². The van der Waals surface area contributed by atoms with E-state index >= 15 is 0 Å². The summed E-state index contributed by atoms with van der Waals surface area (Å²) in [6, 6.07) is 10.3. The van der Waals surface area contributed by atoms with Crippen molar-refractivity contribution in [1.29, 1.82) is 0 Å². The van der Waals surface area contributed by atoms with Crippen LogP contribution in [0.15, 0.2) is 52.3 Å². The third-order valence-corrected chi connectivity index (χ3v) is 6.59. The maximum absolute atomic E-state index is 12.3. The molecule has 170 valence electrons. The van der Waals surface area contributed by atoms with E-state index in [1.807, 2.05) is 13.8 Å². The van der Waals surface area contributed by atoms with Gasteiger partial charge in [-0.25, -0.2) is 26.7 Å². The van der Waals surface area contributed by atoms with E-state index in [2.05, 4.69) is 10.0 Å². The van der Waals surface area contributed by atoms with Gasteiger partial charge in [0.15, 0.2) is 6.61 Å². The summed E-state index contributed by atoms with van der Waals surface area (Å²) in [6.45, 7) is 5.79. The highest BCUT2D eigenvalue weighted by Crippen LogP contribution is 2.22. The number of aryl methyl sites for hydroxylation is 1. The molecule has 4 N–H and O–H groups in total. The van der Waals surface area contributed by atoms with Crippen LogP contribution in [-0.2, 0) is 31.4 Å². The second-order valence-corrected chi connectivity index (χ2v) is 10.8. The normalized spacial score (nSPS) is 12.0. The van der Waals surface area contributed by atoms with Crippen LogP contribution in [0.3, 0.4) is 0 Å². The molecule has 2 aromatic rings. The molecule has 9 nitrogen and oxygen atoms in total. The first kappa shape index (κ1) is 24.8. The van der Waals surface area contributed by atoms with Crippen LogP contribution in [0, 0.1) is 12.8 Å². The lowest BCUT2D eigenvalue weighted by Crippen LogP contribution is -2.29. The first-order chi connectivity index (χ1) is 14.4. The highest BCUT2D eigenvalue weighted by molar-refractivity contribution is 7.89. The van der Waals surface area contributed by atoms with Crippen LogP contribution in [0.5, 0.6) is 5.75 Å². The molecule has 0 atom stereocenters. The molecule has 0 unspecified atom stereocenters. The monoisotopic (exact) mass is 469 g/mol. The molecule has 0 bridgehead atoms. The van der Waals surface area contributed by atoms with Gasteiger partial charge in [-0.3, -0.25) is 4.79 Å². The molecule has 0 saturated carbocycles. The summed E-state index contributed by atoms with van der Waals surface area (Å²) in [5.41, 5.74) is 1.28.